The average Bonchev–Trinajstić information content (AvgIpc) is 3.76. The number of rotatable bonds is 8. The third kappa shape index (κ3) is 6.15. The van der Waals surface area contributed by atoms with E-state index in [9.17, 15) is 4.79 Å². The smallest absolute Gasteiger partial charge is 0.312 e. The van der Waals surface area contributed by atoms with Crippen LogP contribution >= 0.6 is 0 Å². The zero-order chi connectivity index (χ0) is 43.0. The first-order valence-corrected chi connectivity index (χ1v) is 26.6. The standard InChI is InChI=1S/C57H92O3/c1-35(2)14-13-15-37(5)42-18-19-43-41-17-16-38-34-39(22-27-52(38,8)44(41)24-28-53(42,43)9)60-50(59)57-31-23-40(36(3)4)49(57)45-20-21-47-54(10)29-26-48(58)51(6,7)46(54)25-30-56(47,12)55(45,11)32-33-57/h16,35-37,39-47,49H,13-15,17-34H2,1-12H3/t37-,39-,40?,41+,42-,43+,44+,45-,46?,47-,49?,52+,53-,54+,55-,56-,57+/m1/s1. The lowest BCUT2D eigenvalue weighted by molar-refractivity contribution is -0.238. The van der Waals surface area contributed by atoms with Gasteiger partial charge in [-0.3, -0.25) is 9.59 Å². The van der Waals surface area contributed by atoms with E-state index in [2.05, 4.69) is 89.2 Å². The van der Waals surface area contributed by atoms with Gasteiger partial charge < -0.3 is 4.74 Å². The molecule has 9 aliphatic carbocycles. The molecule has 0 aliphatic heterocycles. The summed E-state index contributed by atoms with van der Waals surface area (Å²) in [5.41, 5.74) is 2.64. The molecule has 8 fully saturated rings. The van der Waals surface area contributed by atoms with Crippen molar-refractivity contribution in [3.63, 3.8) is 0 Å². The summed E-state index contributed by atoms with van der Waals surface area (Å²) >= 11 is 0. The molecule has 0 bridgehead atoms. The normalized spacial score (nSPS) is 51.0. The van der Waals surface area contributed by atoms with E-state index in [4.69, 9.17) is 4.74 Å². The summed E-state index contributed by atoms with van der Waals surface area (Å²) in [6.45, 7) is 30.2. The first-order chi connectivity index (χ1) is 28.2. The summed E-state index contributed by atoms with van der Waals surface area (Å²) in [7, 11) is 0. The second-order valence-electron chi connectivity index (χ2n) is 27.0. The Balaban J connectivity index is 0.911. The fraction of sp³-hybridized carbons (Fsp3) is 0.930. The minimum atomic E-state index is -0.311. The quantitative estimate of drug-likeness (QED) is 0.181. The molecule has 3 unspecified atom stereocenters. The largest absolute Gasteiger partial charge is 0.462 e. The number of allylic oxidation sites excluding steroid dienone is 1. The highest BCUT2D eigenvalue weighted by molar-refractivity contribution is 5.85. The van der Waals surface area contributed by atoms with Gasteiger partial charge in [0.2, 0.25) is 0 Å². The van der Waals surface area contributed by atoms with Crippen LogP contribution in [0.4, 0.5) is 0 Å². The number of hydrogen-bond donors (Lipinski definition) is 0. The molecule has 9 rings (SSSR count). The maximum Gasteiger partial charge on any atom is 0.312 e. The Morgan fingerprint density at radius 3 is 2.18 bits per heavy atom. The third-order valence-corrected chi connectivity index (χ3v) is 24.0. The Morgan fingerprint density at radius 1 is 0.700 bits per heavy atom. The Hall–Kier alpha value is -1.12. The minimum Gasteiger partial charge on any atom is -0.462 e. The molecule has 0 aromatic carbocycles. The number of carbonyl (C=O) groups excluding carboxylic acids is 2. The van der Waals surface area contributed by atoms with Crippen LogP contribution in [-0.4, -0.2) is 17.9 Å². The van der Waals surface area contributed by atoms with E-state index >= 15 is 4.79 Å². The molecular weight excluding hydrogens is 733 g/mol. The number of ketones is 1. The maximum absolute atomic E-state index is 15.3. The molecule has 0 radical (unpaired) electrons. The third-order valence-electron chi connectivity index (χ3n) is 24.0. The van der Waals surface area contributed by atoms with Crippen LogP contribution in [0.1, 0.15) is 218 Å². The van der Waals surface area contributed by atoms with Gasteiger partial charge in [0.1, 0.15) is 11.9 Å². The number of carbonyl (C=O) groups is 2. The summed E-state index contributed by atoms with van der Waals surface area (Å²) in [5, 5.41) is 0. The average molecular weight is 825 g/mol. The zero-order valence-corrected chi connectivity index (χ0v) is 41.2. The molecule has 8 saturated carbocycles. The minimum absolute atomic E-state index is 0.0482. The van der Waals surface area contributed by atoms with Crippen molar-refractivity contribution in [1.29, 1.82) is 0 Å². The number of Topliss-reactive ketones (excluding diaryl/α,β-unsaturated/α-hetero) is 1. The predicted molar refractivity (Wildman–Crippen MR) is 247 cm³/mol. The van der Waals surface area contributed by atoms with Crippen LogP contribution in [0.25, 0.3) is 0 Å². The lowest BCUT2D eigenvalue weighted by Gasteiger charge is -2.72. The van der Waals surface area contributed by atoms with Crippen molar-refractivity contribution in [3.05, 3.63) is 11.6 Å². The monoisotopic (exact) mass is 825 g/mol. The molecule has 3 nitrogen and oxygen atoms in total. The first-order valence-electron chi connectivity index (χ1n) is 26.6. The topological polar surface area (TPSA) is 43.4 Å². The van der Waals surface area contributed by atoms with Gasteiger partial charge in [-0.1, -0.05) is 114 Å². The second kappa shape index (κ2) is 15.0. The summed E-state index contributed by atoms with van der Waals surface area (Å²) in [6, 6.07) is 0. The Kier molecular flexibility index (Phi) is 11.0. The van der Waals surface area contributed by atoms with Gasteiger partial charge in [0.25, 0.3) is 0 Å². The van der Waals surface area contributed by atoms with Crippen molar-refractivity contribution in [2.45, 2.75) is 224 Å². The molecule has 0 heterocycles. The van der Waals surface area contributed by atoms with Crippen LogP contribution in [0, 0.1) is 109 Å². The van der Waals surface area contributed by atoms with Gasteiger partial charge in [-0.2, -0.15) is 0 Å². The molecular formula is C57H92O3. The van der Waals surface area contributed by atoms with Gasteiger partial charge in [0.15, 0.2) is 0 Å². The number of fused-ring (bicyclic) bond motifs is 12. The van der Waals surface area contributed by atoms with Crippen molar-refractivity contribution in [1.82, 2.24) is 0 Å². The van der Waals surface area contributed by atoms with Crippen molar-refractivity contribution in [3.8, 4) is 0 Å². The van der Waals surface area contributed by atoms with E-state index in [0.29, 0.717) is 46.7 Å². The van der Waals surface area contributed by atoms with Gasteiger partial charge in [-0.05, 0) is 201 Å². The Morgan fingerprint density at radius 2 is 1.45 bits per heavy atom. The Labute approximate surface area is 369 Å². The van der Waals surface area contributed by atoms with Crippen LogP contribution in [0.15, 0.2) is 11.6 Å². The lowest BCUT2D eigenvalue weighted by Crippen LogP contribution is -2.67. The summed E-state index contributed by atoms with van der Waals surface area (Å²) in [5.74, 6) is 9.19. The predicted octanol–water partition coefficient (Wildman–Crippen LogP) is 15.2. The van der Waals surface area contributed by atoms with Crippen LogP contribution in [-0.2, 0) is 14.3 Å². The maximum atomic E-state index is 15.3. The van der Waals surface area contributed by atoms with Crippen LogP contribution < -0.4 is 0 Å². The van der Waals surface area contributed by atoms with Gasteiger partial charge in [0.05, 0.1) is 5.41 Å². The molecule has 0 aromatic heterocycles. The molecule has 0 N–H and O–H groups in total. The fourth-order valence-electron chi connectivity index (χ4n) is 20.6. The van der Waals surface area contributed by atoms with Crippen molar-refractivity contribution in [2.75, 3.05) is 0 Å². The molecule has 17 atom stereocenters. The molecule has 0 amide bonds. The highest BCUT2D eigenvalue weighted by Gasteiger charge is 2.72. The molecule has 60 heavy (non-hydrogen) atoms. The zero-order valence-electron chi connectivity index (χ0n) is 41.2. The summed E-state index contributed by atoms with van der Waals surface area (Å²) < 4.78 is 7.02. The first kappa shape index (κ1) is 44.1. The molecule has 9 aliphatic rings. The van der Waals surface area contributed by atoms with Crippen LogP contribution in [0.2, 0.25) is 0 Å². The van der Waals surface area contributed by atoms with E-state index in [0.717, 1.165) is 74.0 Å². The van der Waals surface area contributed by atoms with E-state index < -0.39 is 0 Å². The summed E-state index contributed by atoms with van der Waals surface area (Å²) in [6.07, 6.45) is 28.4. The highest BCUT2D eigenvalue weighted by atomic mass is 16.5. The van der Waals surface area contributed by atoms with E-state index in [1.807, 2.05) is 0 Å². The van der Waals surface area contributed by atoms with Crippen molar-refractivity contribution < 1.29 is 14.3 Å². The van der Waals surface area contributed by atoms with Gasteiger partial charge >= 0.3 is 5.97 Å². The summed E-state index contributed by atoms with van der Waals surface area (Å²) in [4.78, 5) is 28.6. The van der Waals surface area contributed by atoms with Crippen molar-refractivity contribution >= 4 is 11.8 Å². The second-order valence-corrected chi connectivity index (χ2v) is 27.0. The van der Waals surface area contributed by atoms with Gasteiger partial charge in [-0.15, -0.1) is 0 Å². The molecule has 0 spiro atoms. The number of esters is 1. The van der Waals surface area contributed by atoms with Crippen LogP contribution in [0.5, 0.6) is 0 Å². The molecule has 338 valence electrons. The SMILES string of the molecule is CC(C)CCC[C@@H](C)[C@H]1CC[C@H]2[C@@H]3CC=C4C[C@H](OC(=O)[C@]56CCC(C(C)C)C5[C@H]5CC[C@@H]7[C@@]8(C)CCC(=O)C(C)(C)C8CC[C@@]7(C)[C@]5(C)CC6)CC[C@]4(C)[C@H]3CC[C@]12C. The molecule has 3 heteroatoms. The number of hydrogen-bond acceptors (Lipinski definition) is 3. The van der Waals surface area contributed by atoms with E-state index in [1.54, 1.807) is 5.57 Å². The number of ether oxygens (including phenoxy) is 1. The van der Waals surface area contributed by atoms with Gasteiger partial charge in [0, 0.05) is 18.3 Å². The van der Waals surface area contributed by atoms with Crippen molar-refractivity contribution in [2.24, 2.45) is 109 Å². The van der Waals surface area contributed by atoms with E-state index in [1.165, 1.54) is 96.3 Å². The molecule has 0 saturated heterocycles. The lowest BCUT2D eigenvalue weighted by atomic mass is 9.32. The molecule has 0 aromatic rings. The Bertz CT molecular complexity index is 1700. The highest BCUT2D eigenvalue weighted by Crippen LogP contribution is 2.78. The fourth-order valence-corrected chi connectivity index (χ4v) is 20.6. The van der Waals surface area contributed by atoms with Crippen LogP contribution in [0.3, 0.4) is 0 Å². The van der Waals surface area contributed by atoms with Gasteiger partial charge in [-0.25, -0.2) is 0 Å². The van der Waals surface area contributed by atoms with E-state index in [-0.39, 0.29) is 44.6 Å².